The van der Waals surface area contributed by atoms with Crippen LogP contribution in [0, 0.1) is 0 Å². The fourth-order valence-corrected chi connectivity index (χ4v) is 1.91. The lowest BCUT2D eigenvalue weighted by Crippen LogP contribution is -2.38. The van der Waals surface area contributed by atoms with E-state index in [0.29, 0.717) is 6.04 Å². The molecule has 1 saturated heterocycles. The normalized spacial score (nSPS) is 26.8. The highest BCUT2D eigenvalue weighted by Gasteiger charge is 2.18. The van der Waals surface area contributed by atoms with Gasteiger partial charge in [0.1, 0.15) is 0 Å². The van der Waals surface area contributed by atoms with Gasteiger partial charge in [0.2, 0.25) is 0 Å². The zero-order valence-electron chi connectivity index (χ0n) is 8.92. The van der Waals surface area contributed by atoms with E-state index in [4.69, 9.17) is 0 Å². The van der Waals surface area contributed by atoms with Gasteiger partial charge in [-0.25, -0.2) is 0 Å². The summed E-state index contributed by atoms with van der Waals surface area (Å²) < 4.78 is 0. The van der Waals surface area contributed by atoms with Gasteiger partial charge in [-0.15, -0.1) is 6.58 Å². The summed E-state index contributed by atoms with van der Waals surface area (Å²) in [4.78, 5) is 2.44. The molecule has 1 N–H and O–H groups in total. The van der Waals surface area contributed by atoms with Gasteiger partial charge >= 0.3 is 0 Å². The van der Waals surface area contributed by atoms with Crippen LogP contribution < -0.4 is 5.32 Å². The molecule has 76 valence electrons. The van der Waals surface area contributed by atoms with E-state index in [1.807, 2.05) is 6.08 Å². The molecule has 0 aromatic rings. The Labute approximate surface area is 82.0 Å². The van der Waals surface area contributed by atoms with Crippen molar-refractivity contribution in [2.75, 3.05) is 20.1 Å². The summed E-state index contributed by atoms with van der Waals surface area (Å²) >= 11 is 0. The average Bonchev–Trinajstić information content (AvgIpc) is 2.43. The first kappa shape index (κ1) is 10.7. The smallest absolute Gasteiger partial charge is 0.0247 e. The zero-order chi connectivity index (χ0) is 9.68. The summed E-state index contributed by atoms with van der Waals surface area (Å²) in [6, 6.07) is 1.24. The van der Waals surface area contributed by atoms with Crippen molar-refractivity contribution >= 4 is 0 Å². The summed E-state index contributed by atoms with van der Waals surface area (Å²) in [6.07, 6.45) is 5.92. The summed E-state index contributed by atoms with van der Waals surface area (Å²) in [5.74, 6) is 0. The van der Waals surface area contributed by atoms with Crippen molar-refractivity contribution in [3.05, 3.63) is 12.7 Å². The molecule has 1 aliphatic heterocycles. The van der Waals surface area contributed by atoms with Crippen LogP contribution in [0.15, 0.2) is 12.7 Å². The van der Waals surface area contributed by atoms with E-state index in [0.717, 1.165) is 6.04 Å². The summed E-state index contributed by atoms with van der Waals surface area (Å²) in [6.45, 7) is 8.41. The first-order chi connectivity index (χ1) is 6.25. The lowest BCUT2D eigenvalue weighted by molar-refractivity contribution is 0.197. The third kappa shape index (κ3) is 3.12. The molecule has 0 radical (unpaired) electrons. The van der Waals surface area contributed by atoms with Gasteiger partial charge < -0.3 is 5.32 Å². The number of hydrogen-bond donors (Lipinski definition) is 1. The molecule has 0 aliphatic carbocycles. The SMILES string of the molecule is C=CC(C)N(C)C1CCCNCC1. The number of likely N-dealkylation sites (N-methyl/N-ethyl adjacent to an activating group) is 1. The molecule has 13 heavy (non-hydrogen) atoms. The van der Waals surface area contributed by atoms with E-state index < -0.39 is 0 Å². The van der Waals surface area contributed by atoms with Gasteiger partial charge in [-0.2, -0.15) is 0 Å². The standard InChI is InChI=1S/C11H22N2/c1-4-10(2)13(3)11-6-5-8-12-9-7-11/h4,10-12H,1,5-9H2,2-3H3. The van der Waals surface area contributed by atoms with Gasteiger partial charge in [0.25, 0.3) is 0 Å². The first-order valence-electron chi connectivity index (χ1n) is 5.31. The van der Waals surface area contributed by atoms with E-state index >= 15 is 0 Å². The van der Waals surface area contributed by atoms with E-state index in [2.05, 4.69) is 30.8 Å². The molecule has 2 heteroatoms. The van der Waals surface area contributed by atoms with E-state index in [9.17, 15) is 0 Å². The maximum Gasteiger partial charge on any atom is 0.0247 e. The van der Waals surface area contributed by atoms with Gasteiger partial charge in [-0.05, 0) is 46.3 Å². The lowest BCUT2D eigenvalue weighted by atomic mass is 10.1. The highest BCUT2D eigenvalue weighted by atomic mass is 15.2. The predicted octanol–water partition coefficient (Wildman–Crippen LogP) is 1.63. The van der Waals surface area contributed by atoms with Crippen LogP contribution in [0.3, 0.4) is 0 Å². The second-order valence-corrected chi connectivity index (χ2v) is 3.98. The quantitative estimate of drug-likeness (QED) is 0.667. The Hall–Kier alpha value is -0.340. The van der Waals surface area contributed by atoms with Crippen molar-refractivity contribution in [2.24, 2.45) is 0 Å². The van der Waals surface area contributed by atoms with E-state index in [1.54, 1.807) is 0 Å². The van der Waals surface area contributed by atoms with Crippen LogP contribution in [0.4, 0.5) is 0 Å². The molecule has 0 spiro atoms. The third-order valence-electron chi connectivity index (χ3n) is 3.10. The first-order valence-corrected chi connectivity index (χ1v) is 5.31. The van der Waals surface area contributed by atoms with Crippen molar-refractivity contribution in [1.29, 1.82) is 0 Å². The van der Waals surface area contributed by atoms with Crippen LogP contribution in [0.1, 0.15) is 26.2 Å². The summed E-state index contributed by atoms with van der Waals surface area (Å²) in [7, 11) is 2.21. The molecule has 0 aromatic carbocycles. The van der Waals surface area contributed by atoms with E-state index in [-0.39, 0.29) is 0 Å². The van der Waals surface area contributed by atoms with Crippen LogP contribution in [0.5, 0.6) is 0 Å². The Balaban J connectivity index is 2.43. The zero-order valence-corrected chi connectivity index (χ0v) is 8.92. The molecule has 1 fully saturated rings. The molecule has 1 rings (SSSR count). The third-order valence-corrected chi connectivity index (χ3v) is 3.10. The summed E-state index contributed by atoms with van der Waals surface area (Å²) in [5, 5.41) is 3.44. The van der Waals surface area contributed by atoms with Gasteiger partial charge in [0.05, 0.1) is 0 Å². The largest absolute Gasteiger partial charge is 0.317 e. The van der Waals surface area contributed by atoms with Crippen LogP contribution in [-0.2, 0) is 0 Å². The molecule has 0 amide bonds. The van der Waals surface area contributed by atoms with Crippen LogP contribution >= 0.6 is 0 Å². The fraction of sp³-hybridized carbons (Fsp3) is 0.818. The second kappa shape index (κ2) is 5.40. The molecule has 2 atom stereocenters. The Morgan fingerprint density at radius 1 is 1.46 bits per heavy atom. The fourth-order valence-electron chi connectivity index (χ4n) is 1.91. The summed E-state index contributed by atoms with van der Waals surface area (Å²) in [5.41, 5.74) is 0. The van der Waals surface area contributed by atoms with Crippen LogP contribution in [-0.4, -0.2) is 37.1 Å². The number of rotatable bonds is 3. The Kier molecular flexibility index (Phi) is 4.46. The second-order valence-electron chi connectivity index (χ2n) is 3.98. The van der Waals surface area contributed by atoms with Crippen molar-refractivity contribution in [3.8, 4) is 0 Å². The highest BCUT2D eigenvalue weighted by molar-refractivity contribution is 4.87. The van der Waals surface area contributed by atoms with Gasteiger partial charge in [0.15, 0.2) is 0 Å². The number of hydrogen-bond acceptors (Lipinski definition) is 2. The maximum atomic E-state index is 3.84. The van der Waals surface area contributed by atoms with Crippen LogP contribution in [0.2, 0.25) is 0 Å². The highest BCUT2D eigenvalue weighted by Crippen LogP contribution is 2.14. The van der Waals surface area contributed by atoms with Gasteiger partial charge in [-0.3, -0.25) is 4.90 Å². The van der Waals surface area contributed by atoms with Crippen molar-refractivity contribution < 1.29 is 0 Å². The molecule has 0 saturated carbocycles. The number of nitrogens with zero attached hydrogens (tertiary/aromatic N) is 1. The molecular weight excluding hydrogens is 160 g/mol. The minimum atomic E-state index is 0.503. The van der Waals surface area contributed by atoms with Crippen molar-refractivity contribution in [1.82, 2.24) is 10.2 Å². The number of nitrogens with one attached hydrogen (secondary N) is 1. The van der Waals surface area contributed by atoms with Crippen molar-refractivity contribution in [3.63, 3.8) is 0 Å². The minimum absolute atomic E-state index is 0.503. The predicted molar refractivity (Wildman–Crippen MR) is 57.9 cm³/mol. The molecule has 0 bridgehead atoms. The molecule has 1 heterocycles. The average molecular weight is 182 g/mol. The Bertz CT molecular complexity index is 148. The molecular formula is C11H22N2. The maximum absolute atomic E-state index is 3.84. The van der Waals surface area contributed by atoms with Gasteiger partial charge in [-0.1, -0.05) is 6.08 Å². The topological polar surface area (TPSA) is 15.3 Å². The van der Waals surface area contributed by atoms with Crippen molar-refractivity contribution in [2.45, 2.75) is 38.3 Å². The Morgan fingerprint density at radius 2 is 2.23 bits per heavy atom. The van der Waals surface area contributed by atoms with E-state index in [1.165, 1.54) is 32.4 Å². The Morgan fingerprint density at radius 3 is 2.92 bits per heavy atom. The lowest BCUT2D eigenvalue weighted by Gasteiger charge is -2.30. The molecule has 2 nitrogen and oxygen atoms in total. The van der Waals surface area contributed by atoms with Gasteiger partial charge in [0, 0.05) is 12.1 Å². The molecule has 2 unspecified atom stereocenters. The van der Waals surface area contributed by atoms with Crippen LogP contribution in [0.25, 0.3) is 0 Å². The monoisotopic (exact) mass is 182 g/mol. The molecule has 1 aliphatic rings. The minimum Gasteiger partial charge on any atom is -0.317 e. The molecule has 0 aromatic heterocycles.